The summed E-state index contributed by atoms with van der Waals surface area (Å²) in [5.74, 6) is 1.82. The summed E-state index contributed by atoms with van der Waals surface area (Å²) in [6.07, 6.45) is 2.30. The fraction of sp³-hybridized carbons (Fsp3) is 0.333. The highest BCUT2D eigenvalue weighted by Gasteiger charge is 2.18. The zero-order chi connectivity index (χ0) is 20.1. The predicted molar refractivity (Wildman–Crippen MR) is 122 cm³/mol. The van der Waals surface area contributed by atoms with E-state index in [0.717, 1.165) is 54.8 Å². The van der Waals surface area contributed by atoms with Crippen LogP contribution < -0.4 is 4.90 Å². The van der Waals surface area contributed by atoms with E-state index >= 15 is 0 Å². The first-order chi connectivity index (χ1) is 14.2. The van der Waals surface area contributed by atoms with Gasteiger partial charge in [0.2, 0.25) is 0 Å². The van der Waals surface area contributed by atoms with Gasteiger partial charge in [0.15, 0.2) is 5.82 Å². The SMILES string of the molecule is CCCc1ccc(Sc2cc(N3CCN(C)CC3)nc(-c3ccccc3)n2)cc1. The average Bonchev–Trinajstić information content (AvgIpc) is 2.76. The van der Waals surface area contributed by atoms with Crippen LogP contribution in [0.15, 0.2) is 70.6 Å². The van der Waals surface area contributed by atoms with Crippen LogP contribution in [-0.2, 0) is 6.42 Å². The van der Waals surface area contributed by atoms with E-state index in [4.69, 9.17) is 9.97 Å². The highest BCUT2D eigenvalue weighted by molar-refractivity contribution is 7.99. The molecule has 0 saturated carbocycles. The highest BCUT2D eigenvalue weighted by Crippen LogP contribution is 2.31. The molecule has 3 aromatic rings. The second-order valence-electron chi connectivity index (χ2n) is 7.54. The average molecular weight is 405 g/mol. The number of likely N-dealkylation sites (N-methyl/N-ethyl adjacent to an activating group) is 1. The van der Waals surface area contributed by atoms with Gasteiger partial charge in [-0.15, -0.1) is 0 Å². The molecule has 1 aliphatic rings. The number of nitrogens with zero attached hydrogens (tertiary/aromatic N) is 4. The Labute approximate surface area is 178 Å². The van der Waals surface area contributed by atoms with E-state index in [0.29, 0.717) is 0 Å². The van der Waals surface area contributed by atoms with Crippen molar-refractivity contribution in [2.75, 3.05) is 38.1 Å². The lowest BCUT2D eigenvalue weighted by molar-refractivity contribution is 0.312. The first kappa shape index (κ1) is 19.9. The highest BCUT2D eigenvalue weighted by atomic mass is 32.2. The summed E-state index contributed by atoms with van der Waals surface area (Å²) in [7, 11) is 2.18. The number of hydrogen-bond donors (Lipinski definition) is 0. The molecular formula is C24H28N4S. The van der Waals surface area contributed by atoms with E-state index in [9.17, 15) is 0 Å². The zero-order valence-electron chi connectivity index (χ0n) is 17.2. The molecule has 1 aromatic heterocycles. The second kappa shape index (κ2) is 9.42. The molecule has 0 amide bonds. The molecule has 150 valence electrons. The van der Waals surface area contributed by atoms with Crippen molar-refractivity contribution >= 4 is 17.6 Å². The Bertz CT molecular complexity index is 919. The van der Waals surface area contributed by atoms with Crippen molar-refractivity contribution in [3.8, 4) is 11.4 Å². The lowest BCUT2D eigenvalue weighted by Gasteiger charge is -2.33. The van der Waals surface area contributed by atoms with Crippen LogP contribution >= 0.6 is 11.8 Å². The Hall–Kier alpha value is -2.37. The van der Waals surface area contributed by atoms with E-state index in [1.54, 1.807) is 11.8 Å². The van der Waals surface area contributed by atoms with Crippen LogP contribution in [0.1, 0.15) is 18.9 Å². The molecule has 0 unspecified atom stereocenters. The Morgan fingerprint density at radius 3 is 2.31 bits per heavy atom. The molecule has 1 saturated heterocycles. The molecule has 2 aromatic carbocycles. The molecule has 2 heterocycles. The minimum atomic E-state index is 0.798. The molecule has 29 heavy (non-hydrogen) atoms. The first-order valence-electron chi connectivity index (χ1n) is 10.4. The Balaban J connectivity index is 1.64. The summed E-state index contributed by atoms with van der Waals surface area (Å²) in [5, 5.41) is 0.996. The number of aryl methyl sites for hydroxylation is 1. The lowest BCUT2D eigenvalue weighted by Crippen LogP contribution is -2.44. The van der Waals surface area contributed by atoms with Crippen LogP contribution in [0, 0.1) is 0 Å². The molecule has 1 aliphatic heterocycles. The standard InChI is InChI=1S/C24H28N4S/c1-3-7-19-10-12-21(13-11-19)29-23-18-22(28-16-14-27(2)15-17-28)25-24(26-23)20-8-5-4-6-9-20/h4-6,8-13,18H,3,7,14-17H2,1-2H3. The summed E-state index contributed by atoms with van der Waals surface area (Å²) >= 11 is 1.71. The van der Waals surface area contributed by atoms with E-state index in [2.05, 4.69) is 66.2 Å². The van der Waals surface area contributed by atoms with Gasteiger partial charge in [0, 0.05) is 42.7 Å². The van der Waals surface area contributed by atoms with Gasteiger partial charge in [-0.2, -0.15) is 0 Å². The molecular weight excluding hydrogens is 376 g/mol. The summed E-state index contributed by atoms with van der Waals surface area (Å²) in [6.45, 7) is 6.34. The van der Waals surface area contributed by atoms with Crippen molar-refractivity contribution in [1.29, 1.82) is 0 Å². The largest absolute Gasteiger partial charge is 0.354 e. The number of hydrogen-bond acceptors (Lipinski definition) is 5. The molecule has 0 bridgehead atoms. The van der Waals surface area contributed by atoms with Crippen molar-refractivity contribution in [2.24, 2.45) is 0 Å². The van der Waals surface area contributed by atoms with Crippen LogP contribution in [0.2, 0.25) is 0 Å². The Kier molecular flexibility index (Phi) is 6.47. The second-order valence-corrected chi connectivity index (χ2v) is 8.63. The molecule has 0 radical (unpaired) electrons. The monoisotopic (exact) mass is 404 g/mol. The molecule has 0 N–H and O–H groups in total. The van der Waals surface area contributed by atoms with Gasteiger partial charge in [-0.3, -0.25) is 0 Å². The number of anilines is 1. The van der Waals surface area contributed by atoms with Gasteiger partial charge in [-0.25, -0.2) is 9.97 Å². The van der Waals surface area contributed by atoms with E-state index in [1.807, 2.05) is 18.2 Å². The molecule has 4 nitrogen and oxygen atoms in total. The zero-order valence-corrected chi connectivity index (χ0v) is 18.0. The van der Waals surface area contributed by atoms with Gasteiger partial charge in [0.25, 0.3) is 0 Å². The smallest absolute Gasteiger partial charge is 0.162 e. The van der Waals surface area contributed by atoms with Crippen LogP contribution in [0.4, 0.5) is 5.82 Å². The van der Waals surface area contributed by atoms with Gasteiger partial charge in [0.1, 0.15) is 10.8 Å². The Morgan fingerprint density at radius 2 is 1.62 bits per heavy atom. The van der Waals surface area contributed by atoms with Gasteiger partial charge in [0.05, 0.1) is 0 Å². The lowest BCUT2D eigenvalue weighted by atomic mass is 10.1. The first-order valence-corrected chi connectivity index (χ1v) is 11.2. The van der Waals surface area contributed by atoms with Crippen molar-refractivity contribution in [3.63, 3.8) is 0 Å². The third-order valence-electron chi connectivity index (χ3n) is 5.23. The fourth-order valence-corrected chi connectivity index (χ4v) is 4.32. The number of piperazine rings is 1. The van der Waals surface area contributed by atoms with Crippen molar-refractivity contribution < 1.29 is 0 Å². The molecule has 4 rings (SSSR count). The predicted octanol–water partition coefficient (Wildman–Crippen LogP) is 5.00. The third-order valence-corrected chi connectivity index (χ3v) is 6.16. The molecule has 0 aliphatic carbocycles. The van der Waals surface area contributed by atoms with Crippen LogP contribution in [0.3, 0.4) is 0 Å². The molecule has 0 spiro atoms. The van der Waals surface area contributed by atoms with Gasteiger partial charge in [-0.05, 0) is 31.2 Å². The molecule has 0 atom stereocenters. The minimum Gasteiger partial charge on any atom is -0.354 e. The van der Waals surface area contributed by atoms with Gasteiger partial charge >= 0.3 is 0 Å². The van der Waals surface area contributed by atoms with Crippen molar-refractivity contribution in [2.45, 2.75) is 29.7 Å². The summed E-state index contributed by atoms with van der Waals surface area (Å²) in [6, 6.07) is 21.3. The van der Waals surface area contributed by atoms with E-state index in [-0.39, 0.29) is 0 Å². The van der Waals surface area contributed by atoms with Gasteiger partial charge in [-0.1, -0.05) is 67.6 Å². The van der Waals surface area contributed by atoms with Crippen LogP contribution in [0.25, 0.3) is 11.4 Å². The quantitative estimate of drug-likeness (QED) is 0.540. The van der Waals surface area contributed by atoms with Crippen LogP contribution in [0.5, 0.6) is 0 Å². The fourth-order valence-electron chi connectivity index (χ4n) is 3.51. The normalized spacial score (nSPS) is 14.9. The van der Waals surface area contributed by atoms with Crippen LogP contribution in [-0.4, -0.2) is 48.1 Å². The molecule has 5 heteroatoms. The Morgan fingerprint density at radius 1 is 0.897 bits per heavy atom. The van der Waals surface area contributed by atoms with E-state index < -0.39 is 0 Å². The number of aromatic nitrogens is 2. The van der Waals surface area contributed by atoms with Crippen molar-refractivity contribution in [1.82, 2.24) is 14.9 Å². The summed E-state index contributed by atoms with van der Waals surface area (Å²) in [4.78, 5) is 15.8. The maximum Gasteiger partial charge on any atom is 0.162 e. The maximum absolute atomic E-state index is 4.92. The number of rotatable bonds is 6. The topological polar surface area (TPSA) is 32.3 Å². The van der Waals surface area contributed by atoms with Gasteiger partial charge < -0.3 is 9.80 Å². The summed E-state index contributed by atoms with van der Waals surface area (Å²) in [5.41, 5.74) is 2.45. The third kappa shape index (κ3) is 5.17. The molecule has 1 fully saturated rings. The maximum atomic E-state index is 4.92. The summed E-state index contributed by atoms with van der Waals surface area (Å²) < 4.78 is 0. The minimum absolute atomic E-state index is 0.798. The van der Waals surface area contributed by atoms with E-state index in [1.165, 1.54) is 16.9 Å². The van der Waals surface area contributed by atoms with Crippen molar-refractivity contribution in [3.05, 3.63) is 66.2 Å². The number of benzene rings is 2.